The summed E-state index contributed by atoms with van der Waals surface area (Å²) in [5, 5.41) is 11.1. The molecule has 1 N–H and O–H groups in total. The number of aromatic nitrogens is 1. The fourth-order valence-corrected chi connectivity index (χ4v) is 3.49. The van der Waals surface area contributed by atoms with Crippen LogP contribution in [0, 0.1) is 0 Å². The highest BCUT2D eigenvalue weighted by atomic mass is 16.5. The quantitative estimate of drug-likeness (QED) is 0.375. The van der Waals surface area contributed by atoms with Crippen molar-refractivity contribution in [3.05, 3.63) is 65.5 Å². The van der Waals surface area contributed by atoms with Crippen LogP contribution >= 0.6 is 0 Å². The fraction of sp³-hybridized carbons (Fsp3) is 0.375. The molecule has 1 aromatic carbocycles. The Hall–Kier alpha value is -3.19. The van der Waals surface area contributed by atoms with Crippen molar-refractivity contribution in [1.29, 1.82) is 0 Å². The molecule has 1 amide bonds. The van der Waals surface area contributed by atoms with E-state index in [1.807, 2.05) is 20.8 Å². The number of hydrogen-bond donors (Lipinski definition) is 1. The second-order valence-corrected chi connectivity index (χ2v) is 7.57. The van der Waals surface area contributed by atoms with Gasteiger partial charge in [0.2, 0.25) is 0 Å². The number of carbonyl (C=O) groups is 2. The summed E-state index contributed by atoms with van der Waals surface area (Å²) in [6, 6.07) is 9.65. The minimum absolute atomic E-state index is 0.000440. The number of benzene rings is 1. The first-order valence-corrected chi connectivity index (χ1v) is 10.5. The minimum atomic E-state index is -0.746. The lowest BCUT2D eigenvalue weighted by atomic mass is 9.96. The molecule has 1 aliphatic heterocycles. The van der Waals surface area contributed by atoms with Crippen molar-refractivity contribution < 1.29 is 24.2 Å². The van der Waals surface area contributed by atoms with Gasteiger partial charge in [-0.05, 0) is 44.0 Å². The Balaban J connectivity index is 2.03. The first-order chi connectivity index (χ1) is 14.9. The maximum atomic E-state index is 13.0. The molecule has 1 aliphatic rings. The van der Waals surface area contributed by atoms with Gasteiger partial charge in [0.05, 0.1) is 30.9 Å². The number of ether oxygens (including phenoxy) is 2. The second-order valence-electron chi connectivity index (χ2n) is 7.57. The number of likely N-dealkylation sites (tertiary alicyclic amines) is 1. The zero-order valence-electron chi connectivity index (χ0n) is 18.1. The topological polar surface area (TPSA) is 89.0 Å². The third-order valence-electron chi connectivity index (χ3n) is 4.90. The van der Waals surface area contributed by atoms with Gasteiger partial charge in [0.1, 0.15) is 11.5 Å². The van der Waals surface area contributed by atoms with Crippen LogP contribution in [0.15, 0.2) is 54.4 Å². The first-order valence-electron chi connectivity index (χ1n) is 10.5. The van der Waals surface area contributed by atoms with Crippen molar-refractivity contribution in [1.82, 2.24) is 9.88 Å². The summed E-state index contributed by atoms with van der Waals surface area (Å²) in [7, 11) is 0. The zero-order valence-corrected chi connectivity index (χ0v) is 18.1. The average Bonchev–Trinajstić information content (AvgIpc) is 3.02. The van der Waals surface area contributed by atoms with E-state index in [-0.39, 0.29) is 30.6 Å². The molecule has 31 heavy (non-hydrogen) atoms. The molecule has 1 saturated heterocycles. The molecule has 1 aromatic heterocycles. The van der Waals surface area contributed by atoms with Gasteiger partial charge in [0.15, 0.2) is 0 Å². The van der Waals surface area contributed by atoms with Gasteiger partial charge in [-0.15, -0.1) is 0 Å². The number of aliphatic hydroxyl groups excluding tert-OH is 1. The molecule has 7 heteroatoms. The number of hydrogen-bond acceptors (Lipinski definition) is 6. The van der Waals surface area contributed by atoms with E-state index in [1.54, 1.807) is 48.8 Å². The zero-order chi connectivity index (χ0) is 22.4. The molecule has 1 fully saturated rings. The summed E-state index contributed by atoms with van der Waals surface area (Å²) in [6.45, 7) is 6.85. The molecule has 0 spiro atoms. The molecule has 1 unspecified atom stereocenters. The highest BCUT2D eigenvalue weighted by Gasteiger charge is 2.46. The maximum absolute atomic E-state index is 13.0. The van der Waals surface area contributed by atoms with Crippen molar-refractivity contribution in [2.75, 3.05) is 19.8 Å². The van der Waals surface area contributed by atoms with Gasteiger partial charge >= 0.3 is 0 Å². The summed E-state index contributed by atoms with van der Waals surface area (Å²) < 4.78 is 11.2. The Morgan fingerprint density at radius 1 is 1.19 bits per heavy atom. The second kappa shape index (κ2) is 10.2. The standard InChI is InChI=1S/C24H28N2O5/c1-4-12-31-19-9-5-7-17(14-19)22(27)20-21(18-8-6-10-25-15-18)26(24(29)23(20)28)11-13-30-16(2)3/h5-10,14-16,21,27H,4,11-13H2,1-3H3/b22-20-. The molecule has 0 radical (unpaired) electrons. The summed E-state index contributed by atoms with van der Waals surface area (Å²) >= 11 is 0. The van der Waals surface area contributed by atoms with E-state index < -0.39 is 17.7 Å². The molecule has 1 atom stereocenters. The molecule has 0 bridgehead atoms. The number of amides is 1. The van der Waals surface area contributed by atoms with Crippen LogP contribution in [0.25, 0.3) is 5.76 Å². The Morgan fingerprint density at radius 2 is 2.00 bits per heavy atom. The van der Waals surface area contributed by atoms with E-state index >= 15 is 0 Å². The SMILES string of the molecule is CCCOc1cccc(/C(O)=C2/C(=O)C(=O)N(CCOC(C)C)C2c2cccnc2)c1. The molecule has 0 saturated carbocycles. The molecule has 2 aromatic rings. The Morgan fingerprint density at radius 3 is 2.68 bits per heavy atom. The lowest BCUT2D eigenvalue weighted by Crippen LogP contribution is -2.33. The highest BCUT2D eigenvalue weighted by molar-refractivity contribution is 6.46. The third-order valence-corrected chi connectivity index (χ3v) is 4.90. The number of ketones is 1. The van der Waals surface area contributed by atoms with Crippen molar-refractivity contribution >= 4 is 17.4 Å². The van der Waals surface area contributed by atoms with Crippen LogP contribution < -0.4 is 4.74 Å². The van der Waals surface area contributed by atoms with Crippen molar-refractivity contribution in [2.45, 2.75) is 39.3 Å². The van der Waals surface area contributed by atoms with Crippen LogP contribution in [-0.2, 0) is 14.3 Å². The predicted octanol–water partition coefficient (Wildman–Crippen LogP) is 3.72. The summed E-state index contributed by atoms with van der Waals surface area (Å²) in [4.78, 5) is 31.4. The van der Waals surface area contributed by atoms with Gasteiger partial charge < -0.3 is 19.5 Å². The predicted molar refractivity (Wildman–Crippen MR) is 117 cm³/mol. The third kappa shape index (κ3) is 5.11. The van der Waals surface area contributed by atoms with E-state index in [1.165, 1.54) is 4.90 Å². The van der Waals surface area contributed by atoms with Gasteiger partial charge in [-0.25, -0.2) is 0 Å². The van der Waals surface area contributed by atoms with Crippen LogP contribution in [0.2, 0.25) is 0 Å². The maximum Gasteiger partial charge on any atom is 0.295 e. The van der Waals surface area contributed by atoms with E-state index in [0.717, 1.165) is 6.42 Å². The van der Waals surface area contributed by atoms with Crippen LogP contribution in [0.1, 0.15) is 44.4 Å². The molecule has 2 heterocycles. The van der Waals surface area contributed by atoms with Gasteiger partial charge in [0, 0.05) is 24.5 Å². The number of carbonyl (C=O) groups excluding carboxylic acids is 2. The Bertz CT molecular complexity index is 955. The molecule has 164 valence electrons. The van der Waals surface area contributed by atoms with E-state index in [0.29, 0.717) is 23.5 Å². The minimum Gasteiger partial charge on any atom is -0.507 e. The number of nitrogens with zero attached hydrogens (tertiary/aromatic N) is 2. The summed E-state index contributed by atoms with van der Waals surface area (Å²) in [5.41, 5.74) is 1.10. The lowest BCUT2D eigenvalue weighted by Gasteiger charge is -2.25. The lowest BCUT2D eigenvalue weighted by molar-refractivity contribution is -0.140. The largest absolute Gasteiger partial charge is 0.507 e. The van der Waals surface area contributed by atoms with Gasteiger partial charge in [-0.3, -0.25) is 14.6 Å². The molecular formula is C24H28N2O5. The highest BCUT2D eigenvalue weighted by Crippen LogP contribution is 2.39. The van der Waals surface area contributed by atoms with Crippen LogP contribution in [0.5, 0.6) is 5.75 Å². The number of rotatable bonds is 9. The fourth-order valence-electron chi connectivity index (χ4n) is 3.49. The average molecular weight is 424 g/mol. The smallest absolute Gasteiger partial charge is 0.295 e. The number of Topliss-reactive ketones (excluding diaryl/α,β-unsaturated/α-hetero) is 1. The molecule has 7 nitrogen and oxygen atoms in total. The Labute approximate surface area is 182 Å². The van der Waals surface area contributed by atoms with E-state index in [4.69, 9.17) is 9.47 Å². The van der Waals surface area contributed by atoms with Crippen LogP contribution in [0.4, 0.5) is 0 Å². The van der Waals surface area contributed by atoms with Crippen molar-refractivity contribution in [3.8, 4) is 5.75 Å². The molecular weight excluding hydrogens is 396 g/mol. The van der Waals surface area contributed by atoms with E-state index in [2.05, 4.69) is 4.98 Å². The summed E-state index contributed by atoms with van der Waals surface area (Å²) in [6.07, 6.45) is 4.06. The van der Waals surface area contributed by atoms with Gasteiger partial charge in [0.25, 0.3) is 11.7 Å². The van der Waals surface area contributed by atoms with Crippen LogP contribution in [0.3, 0.4) is 0 Å². The first kappa shape index (κ1) is 22.5. The molecule has 3 rings (SSSR count). The number of aliphatic hydroxyl groups is 1. The van der Waals surface area contributed by atoms with Crippen molar-refractivity contribution in [3.63, 3.8) is 0 Å². The van der Waals surface area contributed by atoms with E-state index in [9.17, 15) is 14.7 Å². The van der Waals surface area contributed by atoms with Gasteiger partial charge in [-0.2, -0.15) is 0 Å². The summed E-state index contributed by atoms with van der Waals surface area (Å²) in [5.74, 6) is -1.04. The molecule has 0 aliphatic carbocycles. The van der Waals surface area contributed by atoms with Crippen LogP contribution in [-0.4, -0.2) is 52.5 Å². The monoisotopic (exact) mass is 424 g/mol. The number of pyridine rings is 1. The van der Waals surface area contributed by atoms with Crippen molar-refractivity contribution in [2.24, 2.45) is 0 Å². The normalized spacial score (nSPS) is 18.1. The van der Waals surface area contributed by atoms with Gasteiger partial charge in [-0.1, -0.05) is 25.1 Å². The Kier molecular flexibility index (Phi) is 7.41.